The highest BCUT2D eigenvalue weighted by molar-refractivity contribution is 6.38. The lowest BCUT2D eigenvalue weighted by atomic mass is 9.84. The van der Waals surface area contributed by atoms with E-state index in [1.807, 2.05) is 62.3 Å². The third-order valence-corrected chi connectivity index (χ3v) is 11.1. The number of carbonyl (C=O) groups is 7. The van der Waals surface area contributed by atoms with Gasteiger partial charge in [-0.2, -0.15) is 0 Å². The van der Waals surface area contributed by atoms with Gasteiger partial charge in [-0.1, -0.05) is 81.2 Å². The average molecular weight is 716 g/mol. The van der Waals surface area contributed by atoms with Crippen LogP contribution in [0.5, 0.6) is 0 Å². The standard InChI is InChI=1S/C37H61N7O7/c1-14-16-17-22(26(45)29(47)38-18-15-2)39-28(46)25-24-21(36(24,9)10)19-43(25)30(48)27(35(6,7)8)41-32(50)40-23(34(3,4)5)20-44-31(49)37(11,12)42(13)33(44)51/h15,21-25,27H,2,14,16-20H2,1,3-13H3,(H,38,47)(H,39,46)(H2,40,41,50)/t21-,22?,23-,24-,25-,27+/m0/s1. The predicted molar refractivity (Wildman–Crippen MR) is 193 cm³/mol. The first-order valence-electron chi connectivity index (χ1n) is 18.0. The summed E-state index contributed by atoms with van der Waals surface area (Å²) in [6.45, 7) is 24.3. The van der Waals surface area contributed by atoms with Gasteiger partial charge in [-0.05, 0) is 48.3 Å². The Morgan fingerprint density at radius 1 is 0.961 bits per heavy atom. The molecule has 14 heteroatoms. The van der Waals surface area contributed by atoms with Gasteiger partial charge < -0.3 is 31.1 Å². The third-order valence-electron chi connectivity index (χ3n) is 11.1. The Morgan fingerprint density at radius 2 is 1.57 bits per heavy atom. The summed E-state index contributed by atoms with van der Waals surface area (Å²) in [5.74, 6) is -3.03. The van der Waals surface area contributed by atoms with Crippen LogP contribution in [0.4, 0.5) is 9.59 Å². The highest BCUT2D eigenvalue weighted by Crippen LogP contribution is 2.65. The lowest BCUT2D eigenvalue weighted by molar-refractivity contribution is -0.145. The molecule has 1 saturated carbocycles. The maximum Gasteiger partial charge on any atom is 0.327 e. The number of nitrogens with one attached hydrogen (secondary N) is 4. The molecule has 51 heavy (non-hydrogen) atoms. The molecule has 6 atom stereocenters. The van der Waals surface area contributed by atoms with Crippen LogP contribution in [-0.4, -0.2) is 113 Å². The lowest BCUT2D eigenvalue weighted by Gasteiger charge is -2.39. The van der Waals surface area contributed by atoms with Crippen molar-refractivity contribution in [2.75, 3.05) is 26.7 Å². The second-order valence-corrected chi connectivity index (χ2v) is 17.6. The number of hydrogen-bond donors (Lipinski definition) is 4. The second-order valence-electron chi connectivity index (χ2n) is 17.6. The number of likely N-dealkylation sites (N-methyl/N-ethyl adjacent to an activating group) is 1. The number of hydrogen-bond acceptors (Lipinski definition) is 7. The first kappa shape index (κ1) is 41.5. The maximum atomic E-state index is 14.5. The third kappa shape index (κ3) is 8.57. The molecule has 286 valence electrons. The Kier molecular flexibility index (Phi) is 12.1. The number of rotatable bonds is 14. The average Bonchev–Trinajstić information content (AvgIpc) is 3.29. The number of amides is 8. The molecular weight excluding hydrogens is 654 g/mol. The molecule has 1 aliphatic carbocycles. The van der Waals surface area contributed by atoms with E-state index in [0.29, 0.717) is 13.0 Å². The maximum absolute atomic E-state index is 14.5. The van der Waals surface area contributed by atoms with Crippen LogP contribution >= 0.6 is 0 Å². The monoisotopic (exact) mass is 715 g/mol. The number of urea groups is 2. The molecule has 14 nitrogen and oxygen atoms in total. The van der Waals surface area contributed by atoms with E-state index in [9.17, 15) is 33.6 Å². The molecule has 0 aromatic rings. The molecule has 2 aliphatic heterocycles. The lowest BCUT2D eigenvalue weighted by Crippen LogP contribution is -2.63. The Balaban J connectivity index is 1.84. The largest absolute Gasteiger partial charge is 0.346 e. The number of imide groups is 1. The van der Waals surface area contributed by atoms with Crippen molar-refractivity contribution >= 4 is 41.5 Å². The van der Waals surface area contributed by atoms with Crippen molar-refractivity contribution in [3.05, 3.63) is 12.7 Å². The van der Waals surface area contributed by atoms with E-state index in [-0.39, 0.29) is 42.7 Å². The molecule has 4 N–H and O–H groups in total. The normalized spacial score (nSPS) is 23.9. The number of nitrogens with zero attached hydrogens (tertiary/aromatic N) is 3. The molecule has 3 fully saturated rings. The summed E-state index contributed by atoms with van der Waals surface area (Å²) in [5, 5.41) is 11.1. The van der Waals surface area contributed by atoms with E-state index in [4.69, 9.17) is 0 Å². The summed E-state index contributed by atoms with van der Waals surface area (Å²) < 4.78 is 0. The van der Waals surface area contributed by atoms with E-state index >= 15 is 0 Å². The van der Waals surface area contributed by atoms with Gasteiger partial charge in [0.05, 0.1) is 18.6 Å². The second kappa shape index (κ2) is 14.9. The fraction of sp³-hybridized carbons (Fsp3) is 0.757. The van der Waals surface area contributed by atoms with Crippen molar-refractivity contribution in [1.82, 2.24) is 36.0 Å². The first-order valence-corrected chi connectivity index (χ1v) is 18.0. The van der Waals surface area contributed by atoms with Crippen LogP contribution in [0.1, 0.15) is 95.4 Å². The Bertz CT molecular complexity index is 1430. The summed E-state index contributed by atoms with van der Waals surface area (Å²) in [7, 11) is 1.56. The number of piperidine rings is 1. The summed E-state index contributed by atoms with van der Waals surface area (Å²) in [4.78, 5) is 98.1. The molecule has 0 radical (unpaired) electrons. The van der Waals surface area contributed by atoms with Crippen LogP contribution in [0.3, 0.4) is 0 Å². The van der Waals surface area contributed by atoms with Gasteiger partial charge in [0, 0.05) is 20.1 Å². The molecule has 2 saturated heterocycles. The fourth-order valence-corrected chi connectivity index (χ4v) is 7.16. The molecule has 0 bridgehead atoms. The SMILES string of the molecule is C=CCNC(=O)C(=O)C(CCCC)NC(=O)[C@@H]1[C@@H]2[C@H](CN1C(=O)[C@@H](NC(=O)N[C@@H](CN1C(=O)N(C)C(C)(C)C1=O)C(C)(C)C)C(C)(C)C)C2(C)C. The van der Waals surface area contributed by atoms with E-state index < -0.39 is 76.1 Å². The predicted octanol–water partition coefficient (Wildman–Crippen LogP) is 2.82. The minimum absolute atomic E-state index is 0.0375. The summed E-state index contributed by atoms with van der Waals surface area (Å²) in [6.07, 6.45) is 3.08. The Labute approximate surface area is 303 Å². The number of fused-ring (bicyclic) bond motifs is 1. The molecule has 3 aliphatic rings. The Morgan fingerprint density at radius 3 is 2.06 bits per heavy atom. The van der Waals surface area contributed by atoms with Crippen molar-refractivity contribution in [3.8, 4) is 0 Å². The van der Waals surface area contributed by atoms with Gasteiger partial charge in [0.15, 0.2) is 0 Å². The number of unbranched alkanes of at least 4 members (excludes halogenated alkanes) is 1. The Hall–Kier alpha value is -3.97. The zero-order valence-electron chi connectivity index (χ0n) is 32.7. The van der Waals surface area contributed by atoms with Crippen LogP contribution in [0.25, 0.3) is 0 Å². The summed E-state index contributed by atoms with van der Waals surface area (Å²) in [6, 6.07) is -4.80. The topological polar surface area (TPSA) is 177 Å². The van der Waals surface area contributed by atoms with E-state index in [0.717, 1.165) is 11.3 Å². The molecule has 0 spiro atoms. The van der Waals surface area contributed by atoms with Gasteiger partial charge in [-0.3, -0.25) is 28.9 Å². The molecule has 3 rings (SSSR count). The van der Waals surface area contributed by atoms with Gasteiger partial charge in [0.2, 0.25) is 17.6 Å². The minimum atomic E-state index is -1.06. The highest BCUT2D eigenvalue weighted by Gasteiger charge is 2.70. The van der Waals surface area contributed by atoms with Crippen molar-refractivity contribution in [3.63, 3.8) is 0 Å². The fourth-order valence-electron chi connectivity index (χ4n) is 7.16. The number of carbonyl (C=O) groups excluding carboxylic acids is 7. The van der Waals surface area contributed by atoms with E-state index in [1.165, 1.54) is 15.9 Å². The molecule has 1 unspecified atom stereocenters. The van der Waals surface area contributed by atoms with Crippen molar-refractivity contribution in [2.24, 2.45) is 28.1 Å². The van der Waals surface area contributed by atoms with Gasteiger partial charge in [0.1, 0.15) is 17.6 Å². The number of likely N-dealkylation sites (tertiary alicyclic amines) is 1. The van der Waals surface area contributed by atoms with Gasteiger partial charge in [0.25, 0.3) is 11.8 Å². The van der Waals surface area contributed by atoms with Gasteiger partial charge in [-0.15, -0.1) is 6.58 Å². The van der Waals surface area contributed by atoms with Crippen molar-refractivity contribution in [1.29, 1.82) is 0 Å². The minimum Gasteiger partial charge on any atom is -0.346 e. The van der Waals surface area contributed by atoms with Crippen LogP contribution in [0, 0.1) is 28.1 Å². The van der Waals surface area contributed by atoms with Crippen LogP contribution in [-0.2, 0) is 24.0 Å². The molecule has 2 heterocycles. The van der Waals surface area contributed by atoms with E-state index in [2.05, 4.69) is 27.8 Å². The number of Topliss-reactive ketones (excluding diaryl/α,β-unsaturated/α-hetero) is 1. The molecule has 8 amide bonds. The van der Waals surface area contributed by atoms with Crippen LogP contribution in [0.2, 0.25) is 0 Å². The van der Waals surface area contributed by atoms with Gasteiger partial charge in [-0.25, -0.2) is 9.59 Å². The zero-order valence-corrected chi connectivity index (χ0v) is 32.7. The molecule has 0 aromatic carbocycles. The van der Waals surface area contributed by atoms with Crippen molar-refractivity contribution in [2.45, 2.75) is 125 Å². The van der Waals surface area contributed by atoms with E-state index in [1.54, 1.807) is 20.9 Å². The van der Waals surface area contributed by atoms with Crippen molar-refractivity contribution < 1.29 is 33.6 Å². The highest BCUT2D eigenvalue weighted by atomic mass is 16.2. The first-order chi connectivity index (χ1) is 23.3. The molecular formula is C37H61N7O7. The quantitative estimate of drug-likeness (QED) is 0.121. The van der Waals surface area contributed by atoms with Gasteiger partial charge >= 0.3 is 12.1 Å². The molecule has 0 aromatic heterocycles. The number of ketones is 1. The smallest absolute Gasteiger partial charge is 0.327 e. The van der Waals surface area contributed by atoms with Crippen LogP contribution < -0.4 is 21.3 Å². The summed E-state index contributed by atoms with van der Waals surface area (Å²) in [5.41, 5.74) is -2.62. The van der Waals surface area contributed by atoms with Crippen LogP contribution in [0.15, 0.2) is 12.7 Å². The summed E-state index contributed by atoms with van der Waals surface area (Å²) >= 11 is 0. The zero-order chi connectivity index (χ0) is 39.0.